The van der Waals surface area contributed by atoms with Gasteiger partial charge in [0.1, 0.15) is 5.82 Å². The standard InChI is InChI=1S/C16H19FN2O4/c17-13-9-12(6-5-11(13)8-15(21)22)19-14(20)2-1-7-18-16(23)10-3-4-10/h5-6,9-10H,1-4,7-8H2,(H,18,23)(H,19,20)(H,21,22). The van der Waals surface area contributed by atoms with Gasteiger partial charge in [-0.15, -0.1) is 0 Å². The second kappa shape index (κ2) is 7.71. The normalized spacial score (nSPS) is 13.4. The number of carbonyl (C=O) groups is 3. The smallest absolute Gasteiger partial charge is 0.307 e. The van der Waals surface area contributed by atoms with Crippen molar-refractivity contribution in [2.75, 3.05) is 11.9 Å². The molecule has 0 bridgehead atoms. The maximum absolute atomic E-state index is 13.7. The fourth-order valence-corrected chi connectivity index (χ4v) is 2.11. The molecule has 7 heteroatoms. The monoisotopic (exact) mass is 322 g/mol. The second-order valence-electron chi connectivity index (χ2n) is 5.59. The molecule has 3 N–H and O–H groups in total. The number of carboxylic acid groups (broad SMARTS) is 1. The third kappa shape index (κ3) is 5.69. The number of benzene rings is 1. The molecule has 0 atom stereocenters. The van der Waals surface area contributed by atoms with Gasteiger partial charge in [-0.3, -0.25) is 14.4 Å². The molecule has 0 spiro atoms. The van der Waals surface area contributed by atoms with Gasteiger partial charge in [0.05, 0.1) is 6.42 Å². The van der Waals surface area contributed by atoms with E-state index in [9.17, 15) is 18.8 Å². The number of hydrogen-bond acceptors (Lipinski definition) is 3. The van der Waals surface area contributed by atoms with Crippen LogP contribution in [0.4, 0.5) is 10.1 Å². The predicted octanol–water partition coefficient (Wildman–Crippen LogP) is 1.70. The number of amides is 2. The highest BCUT2D eigenvalue weighted by Gasteiger charge is 2.28. The van der Waals surface area contributed by atoms with E-state index in [-0.39, 0.29) is 35.4 Å². The number of nitrogens with one attached hydrogen (secondary N) is 2. The molecule has 23 heavy (non-hydrogen) atoms. The first-order valence-electron chi connectivity index (χ1n) is 7.53. The quantitative estimate of drug-likeness (QED) is 0.635. The van der Waals surface area contributed by atoms with Gasteiger partial charge in [0.15, 0.2) is 0 Å². The van der Waals surface area contributed by atoms with Crippen LogP contribution in [0.5, 0.6) is 0 Å². The summed E-state index contributed by atoms with van der Waals surface area (Å²) in [4.78, 5) is 33.7. The Morgan fingerprint density at radius 1 is 1.26 bits per heavy atom. The maximum Gasteiger partial charge on any atom is 0.307 e. The van der Waals surface area contributed by atoms with Crippen LogP contribution in [0.1, 0.15) is 31.2 Å². The fraction of sp³-hybridized carbons (Fsp3) is 0.438. The molecule has 124 valence electrons. The van der Waals surface area contributed by atoms with E-state index in [1.165, 1.54) is 12.1 Å². The minimum atomic E-state index is -1.12. The number of halogens is 1. The van der Waals surface area contributed by atoms with E-state index in [1.807, 2.05) is 0 Å². The van der Waals surface area contributed by atoms with E-state index < -0.39 is 18.2 Å². The fourth-order valence-electron chi connectivity index (χ4n) is 2.11. The molecule has 0 aliphatic heterocycles. The third-order valence-electron chi connectivity index (χ3n) is 3.51. The van der Waals surface area contributed by atoms with Gasteiger partial charge in [-0.25, -0.2) is 4.39 Å². The Morgan fingerprint density at radius 2 is 2.00 bits per heavy atom. The van der Waals surface area contributed by atoms with E-state index in [2.05, 4.69) is 10.6 Å². The summed E-state index contributed by atoms with van der Waals surface area (Å²) >= 11 is 0. The highest BCUT2D eigenvalue weighted by atomic mass is 19.1. The minimum Gasteiger partial charge on any atom is -0.481 e. The highest BCUT2D eigenvalue weighted by molar-refractivity contribution is 5.90. The first kappa shape index (κ1) is 16.9. The molecule has 1 aliphatic rings. The van der Waals surface area contributed by atoms with E-state index in [1.54, 1.807) is 0 Å². The number of aliphatic carboxylic acids is 1. The van der Waals surface area contributed by atoms with Crippen LogP contribution in [0, 0.1) is 11.7 Å². The number of anilines is 1. The lowest BCUT2D eigenvalue weighted by atomic mass is 10.1. The zero-order chi connectivity index (χ0) is 16.8. The van der Waals surface area contributed by atoms with E-state index in [0.29, 0.717) is 13.0 Å². The molecule has 0 unspecified atom stereocenters. The van der Waals surface area contributed by atoms with Gasteiger partial charge in [-0.05, 0) is 37.0 Å². The average Bonchev–Trinajstić information content (AvgIpc) is 3.30. The number of rotatable bonds is 8. The molecule has 2 amide bonds. The van der Waals surface area contributed by atoms with Gasteiger partial charge in [0.25, 0.3) is 0 Å². The van der Waals surface area contributed by atoms with Crippen LogP contribution in [0.25, 0.3) is 0 Å². The average molecular weight is 322 g/mol. The van der Waals surface area contributed by atoms with Gasteiger partial charge < -0.3 is 15.7 Å². The van der Waals surface area contributed by atoms with Crippen LogP contribution < -0.4 is 10.6 Å². The summed E-state index contributed by atoms with van der Waals surface area (Å²) in [7, 11) is 0. The Hall–Kier alpha value is -2.44. The summed E-state index contributed by atoms with van der Waals surface area (Å²) in [5.41, 5.74) is 0.349. The zero-order valence-corrected chi connectivity index (χ0v) is 12.6. The van der Waals surface area contributed by atoms with E-state index in [0.717, 1.165) is 18.9 Å². The molecular weight excluding hydrogens is 303 g/mol. The SMILES string of the molecule is O=C(O)Cc1ccc(NC(=O)CCCNC(=O)C2CC2)cc1F. The molecule has 1 aliphatic carbocycles. The molecular formula is C16H19FN2O4. The maximum atomic E-state index is 13.7. The van der Waals surface area contributed by atoms with Crippen molar-refractivity contribution < 1.29 is 23.9 Å². The van der Waals surface area contributed by atoms with Crippen molar-refractivity contribution in [1.82, 2.24) is 5.32 Å². The predicted molar refractivity (Wildman–Crippen MR) is 81.3 cm³/mol. The van der Waals surface area contributed by atoms with Crippen molar-refractivity contribution in [1.29, 1.82) is 0 Å². The molecule has 1 saturated carbocycles. The van der Waals surface area contributed by atoms with Gasteiger partial charge in [-0.1, -0.05) is 6.07 Å². The first-order chi connectivity index (χ1) is 11.0. The van der Waals surface area contributed by atoms with Crippen LogP contribution in [-0.2, 0) is 20.8 Å². The highest BCUT2D eigenvalue weighted by Crippen LogP contribution is 2.28. The molecule has 0 heterocycles. The molecule has 6 nitrogen and oxygen atoms in total. The lowest BCUT2D eigenvalue weighted by Gasteiger charge is -2.08. The topological polar surface area (TPSA) is 95.5 Å². The van der Waals surface area contributed by atoms with Crippen molar-refractivity contribution in [2.24, 2.45) is 5.92 Å². The lowest BCUT2D eigenvalue weighted by Crippen LogP contribution is -2.26. The van der Waals surface area contributed by atoms with E-state index >= 15 is 0 Å². The Labute approximate surface area is 133 Å². The van der Waals surface area contributed by atoms with Crippen LogP contribution in [0.2, 0.25) is 0 Å². The molecule has 1 fully saturated rings. The van der Waals surface area contributed by atoms with Crippen LogP contribution in [0.15, 0.2) is 18.2 Å². The van der Waals surface area contributed by atoms with Gasteiger partial charge in [0, 0.05) is 24.6 Å². The summed E-state index contributed by atoms with van der Waals surface area (Å²) in [6.45, 7) is 0.439. The molecule has 0 radical (unpaired) electrons. The first-order valence-corrected chi connectivity index (χ1v) is 7.53. The van der Waals surface area contributed by atoms with Crippen molar-refractivity contribution >= 4 is 23.5 Å². The van der Waals surface area contributed by atoms with Crippen LogP contribution >= 0.6 is 0 Å². The van der Waals surface area contributed by atoms with E-state index in [4.69, 9.17) is 5.11 Å². The second-order valence-corrected chi connectivity index (χ2v) is 5.59. The number of hydrogen-bond donors (Lipinski definition) is 3. The summed E-state index contributed by atoms with van der Waals surface area (Å²) < 4.78 is 13.7. The Morgan fingerprint density at radius 3 is 2.61 bits per heavy atom. The molecule has 0 saturated heterocycles. The largest absolute Gasteiger partial charge is 0.481 e. The molecule has 2 rings (SSSR count). The van der Waals surface area contributed by atoms with Gasteiger partial charge >= 0.3 is 5.97 Å². The summed E-state index contributed by atoms with van der Waals surface area (Å²) in [5.74, 6) is -1.87. The summed E-state index contributed by atoms with van der Waals surface area (Å²) in [5, 5.41) is 13.9. The molecule has 1 aromatic carbocycles. The van der Waals surface area contributed by atoms with Crippen molar-refractivity contribution in [3.8, 4) is 0 Å². The minimum absolute atomic E-state index is 0.0431. The Bertz CT molecular complexity index is 614. The van der Waals surface area contributed by atoms with Crippen molar-refractivity contribution in [3.05, 3.63) is 29.6 Å². The number of carboxylic acids is 1. The zero-order valence-electron chi connectivity index (χ0n) is 12.6. The summed E-state index contributed by atoms with van der Waals surface area (Å²) in [6.07, 6.45) is 2.19. The van der Waals surface area contributed by atoms with Gasteiger partial charge in [0.2, 0.25) is 11.8 Å². The molecule has 0 aromatic heterocycles. The Kier molecular flexibility index (Phi) is 5.67. The Balaban J connectivity index is 1.72. The van der Waals surface area contributed by atoms with Crippen molar-refractivity contribution in [2.45, 2.75) is 32.1 Å². The lowest BCUT2D eigenvalue weighted by molar-refractivity contribution is -0.136. The summed E-state index contributed by atoms with van der Waals surface area (Å²) in [6, 6.07) is 3.91. The number of carbonyl (C=O) groups excluding carboxylic acids is 2. The van der Waals surface area contributed by atoms with Gasteiger partial charge in [-0.2, -0.15) is 0 Å². The van der Waals surface area contributed by atoms with Crippen LogP contribution in [0.3, 0.4) is 0 Å². The van der Waals surface area contributed by atoms with Crippen LogP contribution in [-0.4, -0.2) is 29.4 Å². The third-order valence-corrected chi connectivity index (χ3v) is 3.51. The van der Waals surface area contributed by atoms with Crippen molar-refractivity contribution in [3.63, 3.8) is 0 Å². The molecule has 1 aromatic rings.